The highest BCUT2D eigenvalue weighted by Crippen LogP contribution is 2.21. The third kappa shape index (κ3) is 3.71. The van der Waals surface area contributed by atoms with Crippen molar-refractivity contribution in [1.29, 1.82) is 0 Å². The largest absolute Gasteiger partial charge is 0.368 e. The van der Waals surface area contributed by atoms with Gasteiger partial charge < -0.3 is 5.73 Å². The summed E-state index contributed by atoms with van der Waals surface area (Å²) in [7, 11) is 0. The molecule has 1 amide bonds. The lowest BCUT2D eigenvalue weighted by Gasteiger charge is -2.05. The minimum Gasteiger partial charge on any atom is -0.368 e. The van der Waals surface area contributed by atoms with Crippen molar-refractivity contribution in [3.8, 4) is 0 Å². The van der Waals surface area contributed by atoms with E-state index in [1.54, 1.807) is 0 Å². The minimum absolute atomic E-state index is 0.174. The summed E-state index contributed by atoms with van der Waals surface area (Å²) in [6.07, 6.45) is 0. The van der Waals surface area contributed by atoms with Gasteiger partial charge in [0.25, 0.3) is 0 Å². The highest BCUT2D eigenvalue weighted by molar-refractivity contribution is 5.74. The van der Waals surface area contributed by atoms with Gasteiger partial charge in [-0.1, -0.05) is 0 Å². The van der Waals surface area contributed by atoms with Crippen molar-refractivity contribution in [3.63, 3.8) is 0 Å². The van der Waals surface area contributed by atoms with E-state index in [9.17, 15) is 23.7 Å². The fourth-order valence-corrected chi connectivity index (χ4v) is 1.11. The molecule has 0 saturated carbocycles. The van der Waals surface area contributed by atoms with E-state index in [1.165, 1.54) is 0 Å². The van der Waals surface area contributed by atoms with Crippen LogP contribution in [0.3, 0.4) is 0 Å². The fourth-order valence-electron chi connectivity index (χ4n) is 1.11. The van der Waals surface area contributed by atoms with Gasteiger partial charge in [0.05, 0.1) is 4.92 Å². The quantitative estimate of drug-likeness (QED) is 0.437. The van der Waals surface area contributed by atoms with Crippen molar-refractivity contribution >= 4 is 11.6 Å². The minimum atomic E-state index is -1.26. The average molecular weight is 261 g/mol. The second-order valence-corrected chi connectivity index (χ2v) is 3.23. The molecule has 98 valence electrons. The molecular weight excluding hydrogens is 252 g/mol. The van der Waals surface area contributed by atoms with Gasteiger partial charge in [0.1, 0.15) is 12.4 Å². The van der Waals surface area contributed by atoms with Crippen LogP contribution in [0.2, 0.25) is 0 Å². The van der Waals surface area contributed by atoms with Crippen LogP contribution in [0, 0.1) is 21.7 Å². The van der Waals surface area contributed by atoms with Crippen molar-refractivity contribution < 1.29 is 23.3 Å². The van der Waals surface area contributed by atoms with Gasteiger partial charge in [-0.3, -0.25) is 19.7 Å². The second kappa shape index (κ2) is 5.98. The highest BCUT2D eigenvalue weighted by Gasteiger charge is 2.18. The molecule has 0 saturated heterocycles. The number of benzene rings is 1. The Morgan fingerprint density at radius 1 is 1.44 bits per heavy atom. The van der Waals surface area contributed by atoms with Gasteiger partial charge >= 0.3 is 5.69 Å². The highest BCUT2D eigenvalue weighted by atomic mass is 19.1. The standard InChI is InChI=1S/C9H9F2N3O4/c10-6-2-7(11)8(14(16)17)1-5(6)3-13-18-4-9(12)15/h1-2,13H,3-4H2,(H2,12,15). The van der Waals surface area contributed by atoms with E-state index >= 15 is 0 Å². The maximum absolute atomic E-state index is 13.2. The Balaban J connectivity index is 2.73. The van der Waals surface area contributed by atoms with Crippen molar-refractivity contribution in [2.75, 3.05) is 6.61 Å². The Morgan fingerprint density at radius 2 is 2.11 bits per heavy atom. The van der Waals surface area contributed by atoms with Gasteiger partial charge in [-0.15, -0.1) is 0 Å². The normalized spacial score (nSPS) is 10.3. The molecule has 1 rings (SSSR count). The first-order valence-corrected chi connectivity index (χ1v) is 4.67. The van der Waals surface area contributed by atoms with E-state index in [1.807, 2.05) is 0 Å². The summed E-state index contributed by atoms with van der Waals surface area (Å²) in [6, 6.07) is 1.15. The number of carbonyl (C=O) groups excluding carboxylic acids is 1. The zero-order chi connectivity index (χ0) is 13.7. The van der Waals surface area contributed by atoms with E-state index < -0.39 is 34.8 Å². The molecule has 18 heavy (non-hydrogen) atoms. The van der Waals surface area contributed by atoms with Crippen LogP contribution in [0.25, 0.3) is 0 Å². The summed E-state index contributed by atoms with van der Waals surface area (Å²) < 4.78 is 26.2. The first kappa shape index (κ1) is 13.9. The van der Waals surface area contributed by atoms with Gasteiger partial charge in [-0.25, -0.2) is 4.39 Å². The fraction of sp³-hybridized carbons (Fsp3) is 0.222. The Hall–Kier alpha value is -2.13. The predicted molar refractivity (Wildman–Crippen MR) is 55.0 cm³/mol. The lowest BCUT2D eigenvalue weighted by atomic mass is 10.2. The van der Waals surface area contributed by atoms with E-state index in [0.717, 1.165) is 6.07 Å². The maximum Gasteiger partial charge on any atom is 0.305 e. The van der Waals surface area contributed by atoms with Crippen LogP contribution < -0.4 is 11.2 Å². The molecular formula is C9H9F2N3O4. The zero-order valence-electron chi connectivity index (χ0n) is 8.98. The van der Waals surface area contributed by atoms with E-state index in [2.05, 4.69) is 10.3 Å². The Bertz CT molecular complexity index is 481. The molecule has 0 heterocycles. The molecule has 0 radical (unpaired) electrons. The number of hydrogen-bond acceptors (Lipinski definition) is 5. The van der Waals surface area contributed by atoms with Crippen LogP contribution in [-0.2, 0) is 16.2 Å². The van der Waals surface area contributed by atoms with Crippen LogP contribution in [0.1, 0.15) is 5.56 Å². The molecule has 0 atom stereocenters. The number of rotatable bonds is 6. The monoisotopic (exact) mass is 261 g/mol. The van der Waals surface area contributed by atoms with Crippen molar-refractivity contribution in [3.05, 3.63) is 39.4 Å². The molecule has 3 N–H and O–H groups in total. The number of nitrogens with two attached hydrogens (primary N) is 1. The number of amides is 1. The lowest BCUT2D eigenvalue weighted by molar-refractivity contribution is -0.387. The van der Waals surface area contributed by atoms with Gasteiger partial charge in [0.2, 0.25) is 11.7 Å². The van der Waals surface area contributed by atoms with Gasteiger partial charge in [-0.2, -0.15) is 9.87 Å². The van der Waals surface area contributed by atoms with E-state index in [0.29, 0.717) is 6.07 Å². The summed E-state index contributed by atoms with van der Waals surface area (Å²) >= 11 is 0. The zero-order valence-corrected chi connectivity index (χ0v) is 8.98. The number of hydroxylamine groups is 1. The van der Waals surface area contributed by atoms with Crippen LogP contribution in [0.15, 0.2) is 12.1 Å². The predicted octanol–water partition coefficient (Wildman–Crippen LogP) is 0.380. The maximum atomic E-state index is 13.2. The topological polar surface area (TPSA) is 107 Å². The van der Waals surface area contributed by atoms with Gasteiger partial charge in [0.15, 0.2) is 0 Å². The number of nitro groups is 1. The second-order valence-electron chi connectivity index (χ2n) is 3.23. The Kier molecular flexibility index (Phi) is 4.63. The van der Waals surface area contributed by atoms with E-state index in [-0.39, 0.29) is 12.1 Å². The molecule has 0 aliphatic rings. The summed E-state index contributed by atoms with van der Waals surface area (Å²) in [6.45, 7) is -0.717. The molecule has 1 aromatic carbocycles. The molecule has 9 heteroatoms. The summed E-state index contributed by atoms with van der Waals surface area (Å²) in [5.74, 6) is -2.97. The number of nitrogens with one attached hydrogen (secondary N) is 1. The van der Waals surface area contributed by atoms with Crippen molar-refractivity contribution in [2.24, 2.45) is 5.73 Å². The number of nitro benzene ring substituents is 1. The number of primary amides is 1. The molecule has 0 unspecified atom stereocenters. The first-order valence-electron chi connectivity index (χ1n) is 4.67. The third-order valence-corrected chi connectivity index (χ3v) is 1.89. The summed E-state index contributed by atoms with van der Waals surface area (Å²) in [4.78, 5) is 24.3. The van der Waals surface area contributed by atoms with Crippen LogP contribution in [0.4, 0.5) is 14.5 Å². The number of carbonyl (C=O) groups is 1. The molecule has 0 aliphatic carbocycles. The van der Waals surface area contributed by atoms with Crippen LogP contribution in [0.5, 0.6) is 0 Å². The lowest BCUT2D eigenvalue weighted by Crippen LogP contribution is -2.24. The molecule has 0 bridgehead atoms. The first-order chi connectivity index (χ1) is 8.41. The summed E-state index contributed by atoms with van der Waals surface area (Å²) in [5, 5.41) is 10.4. The molecule has 0 aromatic heterocycles. The molecule has 0 spiro atoms. The summed E-state index contributed by atoms with van der Waals surface area (Å²) in [5.41, 5.74) is 5.92. The SMILES string of the molecule is NC(=O)CONCc1cc([N+](=O)[O-])c(F)cc1F. The van der Waals surface area contributed by atoms with Crippen LogP contribution >= 0.6 is 0 Å². The Morgan fingerprint density at radius 3 is 2.67 bits per heavy atom. The van der Waals surface area contributed by atoms with Gasteiger partial charge in [0, 0.05) is 24.2 Å². The number of halogens is 2. The average Bonchev–Trinajstić information content (AvgIpc) is 2.25. The van der Waals surface area contributed by atoms with Gasteiger partial charge in [-0.05, 0) is 0 Å². The smallest absolute Gasteiger partial charge is 0.305 e. The number of hydrogen-bond donors (Lipinski definition) is 2. The van der Waals surface area contributed by atoms with Crippen molar-refractivity contribution in [1.82, 2.24) is 5.48 Å². The third-order valence-electron chi connectivity index (χ3n) is 1.89. The van der Waals surface area contributed by atoms with E-state index in [4.69, 9.17) is 5.73 Å². The molecule has 1 aromatic rings. The number of nitrogens with zero attached hydrogens (tertiary/aromatic N) is 1. The van der Waals surface area contributed by atoms with Crippen LogP contribution in [-0.4, -0.2) is 17.4 Å². The Labute approximate surface area is 99.6 Å². The molecule has 0 fully saturated rings. The van der Waals surface area contributed by atoms with Crippen molar-refractivity contribution in [2.45, 2.75) is 6.54 Å². The molecule has 7 nitrogen and oxygen atoms in total. The molecule has 0 aliphatic heterocycles.